The Kier molecular flexibility index (Phi) is 6.65. The lowest BCUT2D eigenvalue weighted by Crippen LogP contribution is -2.44. The van der Waals surface area contributed by atoms with Crippen molar-refractivity contribution in [2.75, 3.05) is 31.5 Å². The van der Waals surface area contributed by atoms with Gasteiger partial charge in [-0.05, 0) is 31.0 Å². The molecule has 0 saturated carbocycles. The van der Waals surface area contributed by atoms with Crippen LogP contribution in [-0.2, 0) is 0 Å². The van der Waals surface area contributed by atoms with Gasteiger partial charge in [0.2, 0.25) is 0 Å². The summed E-state index contributed by atoms with van der Waals surface area (Å²) in [5.74, 6) is 2.32. The van der Waals surface area contributed by atoms with Gasteiger partial charge in [0.15, 0.2) is 5.82 Å². The Morgan fingerprint density at radius 3 is 2.56 bits per heavy atom. The molecule has 2 unspecified atom stereocenters. The summed E-state index contributed by atoms with van der Waals surface area (Å²) in [6, 6.07) is 19.5. The SMILES string of the molecule is CC(Nc1cncc(-n2ccnc2-c2cccc(C(C)N3CCNCC3)c2)n1)c1ccccc1. The zero-order chi connectivity index (χ0) is 23.3. The third-order valence-electron chi connectivity index (χ3n) is 6.50. The monoisotopic (exact) mass is 453 g/mol. The highest BCUT2D eigenvalue weighted by atomic mass is 15.2. The van der Waals surface area contributed by atoms with Gasteiger partial charge in [0, 0.05) is 56.2 Å². The highest BCUT2D eigenvalue weighted by molar-refractivity contribution is 5.59. The Morgan fingerprint density at radius 1 is 0.941 bits per heavy atom. The molecule has 0 aliphatic carbocycles. The minimum absolute atomic E-state index is 0.121. The number of nitrogens with zero attached hydrogens (tertiary/aromatic N) is 5. The second-order valence-corrected chi connectivity index (χ2v) is 8.75. The first kappa shape index (κ1) is 22.3. The van der Waals surface area contributed by atoms with Crippen LogP contribution in [0.25, 0.3) is 17.2 Å². The van der Waals surface area contributed by atoms with Crippen LogP contribution < -0.4 is 10.6 Å². The van der Waals surface area contributed by atoms with E-state index in [9.17, 15) is 0 Å². The predicted molar refractivity (Wildman–Crippen MR) is 136 cm³/mol. The molecule has 0 spiro atoms. The Morgan fingerprint density at radius 2 is 1.74 bits per heavy atom. The molecule has 2 atom stereocenters. The van der Waals surface area contributed by atoms with Crippen molar-refractivity contribution in [3.8, 4) is 17.2 Å². The number of aromatic nitrogens is 4. The molecule has 3 heterocycles. The molecule has 34 heavy (non-hydrogen) atoms. The number of hydrogen-bond acceptors (Lipinski definition) is 6. The van der Waals surface area contributed by atoms with Crippen molar-refractivity contribution in [3.05, 3.63) is 90.5 Å². The maximum Gasteiger partial charge on any atom is 0.159 e. The lowest BCUT2D eigenvalue weighted by molar-refractivity contribution is 0.185. The largest absolute Gasteiger partial charge is 0.362 e. The standard InChI is InChI=1S/C27H31N7/c1-20(22-7-4-3-5-8-22)31-25-18-29-19-26(32-25)34-16-13-30-27(34)24-10-6-9-23(17-24)21(2)33-14-11-28-12-15-33/h3-10,13,16-21,28H,11-12,14-15H2,1-2H3,(H,31,32). The van der Waals surface area contributed by atoms with Crippen molar-refractivity contribution in [3.63, 3.8) is 0 Å². The number of nitrogens with one attached hydrogen (secondary N) is 2. The van der Waals surface area contributed by atoms with Crippen molar-refractivity contribution in [2.24, 2.45) is 0 Å². The van der Waals surface area contributed by atoms with Crippen LogP contribution in [0.15, 0.2) is 79.4 Å². The average molecular weight is 454 g/mol. The van der Waals surface area contributed by atoms with Gasteiger partial charge in [-0.25, -0.2) is 9.97 Å². The smallest absolute Gasteiger partial charge is 0.159 e. The number of rotatable bonds is 7. The fraction of sp³-hybridized carbons (Fsp3) is 0.296. The van der Waals surface area contributed by atoms with Crippen molar-refractivity contribution >= 4 is 5.82 Å². The van der Waals surface area contributed by atoms with E-state index in [0.29, 0.717) is 6.04 Å². The van der Waals surface area contributed by atoms with Gasteiger partial charge in [0.25, 0.3) is 0 Å². The normalized spacial score (nSPS) is 16.2. The number of anilines is 1. The van der Waals surface area contributed by atoms with Gasteiger partial charge in [0.1, 0.15) is 11.6 Å². The van der Waals surface area contributed by atoms with E-state index in [1.54, 1.807) is 12.4 Å². The molecule has 4 aromatic rings. The van der Waals surface area contributed by atoms with Crippen LogP contribution in [0.5, 0.6) is 0 Å². The topological polar surface area (TPSA) is 70.9 Å². The summed E-state index contributed by atoms with van der Waals surface area (Å²) in [6.45, 7) is 8.62. The fourth-order valence-electron chi connectivity index (χ4n) is 4.51. The van der Waals surface area contributed by atoms with E-state index in [2.05, 4.69) is 75.7 Å². The molecular weight excluding hydrogens is 422 g/mol. The molecule has 5 rings (SSSR count). The third kappa shape index (κ3) is 4.85. The van der Waals surface area contributed by atoms with E-state index in [-0.39, 0.29) is 6.04 Å². The highest BCUT2D eigenvalue weighted by Gasteiger charge is 2.19. The highest BCUT2D eigenvalue weighted by Crippen LogP contribution is 2.27. The van der Waals surface area contributed by atoms with Crippen LogP contribution in [0.1, 0.15) is 37.1 Å². The summed E-state index contributed by atoms with van der Waals surface area (Å²) in [5.41, 5.74) is 3.57. The van der Waals surface area contributed by atoms with Crippen molar-refractivity contribution < 1.29 is 0 Å². The summed E-state index contributed by atoms with van der Waals surface area (Å²) < 4.78 is 2.00. The van der Waals surface area contributed by atoms with Gasteiger partial charge in [-0.2, -0.15) is 0 Å². The molecule has 2 aromatic heterocycles. The predicted octanol–water partition coefficient (Wildman–Crippen LogP) is 4.47. The first-order chi connectivity index (χ1) is 16.7. The Hall–Kier alpha value is -3.55. The molecule has 0 bridgehead atoms. The third-order valence-corrected chi connectivity index (χ3v) is 6.50. The van der Waals surface area contributed by atoms with E-state index in [4.69, 9.17) is 4.98 Å². The van der Waals surface area contributed by atoms with E-state index < -0.39 is 0 Å². The number of benzene rings is 2. The van der Waals surface area contributed by atoms with Crippen molar-refractivity contribution in [1.82, 2.24) is 29.7 Å². The summed E-state index contributed by atoms with van der Waals surface area (Å²) in [4.78, 5) is 16.5. The maximum absolute atomic E-state index is 4.83. The van der Waals surface area contributed by atoms with Gasteiger partial charge in [0.05, 0.1) is 12.4 Å². The zero-order valence-electron chi connectivity index (χ0n) is 19.7. The fourth-order valence-corrected chi connectivity index (χ4v) is 4.51. The number of imidazole rings is 1. The minimum Gasteiger partial charge on any atom is -0.362 e. The van der Waals surface area contributed by atoms with E-state index in [0.717, 1.165) is 49.2 Å². The Balaban J connectivity index is 1.39. The van der Waals surface area contributed by atoms with Crippen LogP contribution in [0.4, 0.5) is 5.82 Å². The van der Waals surface area contributed by atoms with Gasteiger partial charge in [-0.15, -0.1) is 0 Å². The lowest BCUT2D eigenvalue weighted by Gasteiger charge is -2.33. The van der Waals surface area contributed by atoms with Crippen LogP contribution in [0.3, 0.4) is 0 Å². The van der Waals surface area contributed by atoms with Gasteiger partial charge < -0.3 is 10.6 Å². The molecular formula is C27H31N7. The van der Waals surface area contributed by atoms with Gasteiger partial charge in [-0.3, -0.25) is 14.5 Å². The molecule has 1 aliphatic rings. The quantitative estimate of drug-likeness (QED) is 0.430. The molecule has 0 amide bonds. The first-order valence-electron chi connectivity index (χ1n) is 11.9. The van der Waals surface area contributed by atoms with Crippen LogP contribution in [0, 0.1) is 0 Å². The molecule has 2 aromatic carbocycles. The number of hydrogen-bond donors (Lipinski definition) is 2. The second kappa shape index (κ2) is 10.2. The second-order valence-electron chi connectivity index (χ2n) is 8.75. The van der Waals surface area contributed by atoms with Gasteiger partial charge >= 0.3 is 0 Å². The van der Waals surface area contributed by atoms with Gasteiger partial charge in [-0.1, -0.05) is 48.5 Å². The van der Waals surface area contributed by atoms with Crippen LogP contribution in [-0.4, -0.2) is 50.6 Å². The average Bonchev–Trinajstić information content (AvgIpc) is 3.40. The summed E-state index contributed by atoms with van der Waals surface area (Å²) >= 11 is 0. The molecule has 1 fully saturated rings. The molecule has 1 aliphatic heterocycles. The van der Waals surface area contributed by atoms with Crippen LogP contribution in [0.2, 0.25) is 0 Å². The van der Waals surface area contributed by atoms with E-state index >= 15 is 0 Å². The number of piperazine rings is 1. The molecule has 174 valence electrons. The van der Waals surface area contributed by atoms with Crippen LogP contribution >= 0.6 is 0 Å². The van der Waals surface area contributed by atoms with Crippen molar-refractivity contribution in [2.45, 2.75) is 25.9 Å². The zero-order valence-corrected chi connectivity index (χ0v) is 19.7. The molecule has 7 heteroatoms. The van der Waals surface area contributed by atoms with E-state index in [1.165, 1.54) is 11.1 Å². The Labute approximate surface area is 200 Å². The molecule has 1 saturated heterocycles. The maximum atomic E-state index is 4.83. The molecule has 7 nitrogen and oxygen atoms in total. The summed E-state index contributed by atoms with van der Waals surface area (Å²) in [7, 11) is 0. The van der Waals surface area contributed by atoms with Crippen molar-refractivity contribution in [1.29, 1.82) is 0 Å². The first-order valence-corrected chi connectivity index (χ1v) is 11.9. The minimum atomic E-state index is 0.121. The van der Waals surface area contributed by atoms with E-state index in [1.807, 2.05) is 35.2 Å². The molecule has 2 N–H and O–H groups in total. The Bertz CT molecular complexity index is 1210. The lowest BCUT2D eigenvalue weighted by atomic mass is 10.0. The summed E-state index contributed by atoms with van der Waals surface area (Å²) in [6.07, 6.45) is 7.29. The molecule has 0 radical (unpaired) electrons. The summed E-state index contributed by atoms with van der Waals surface area (Å²) in [5, 5.41) is 6.90.